The van der Waals surface area contributed by atoms with Gasteiger partial charge in [0.25, 0.3) is 0 Å². The number of aliphatic hydroxyl groups excluding tert-OH is 2. The van der Waals surface area contributed by atoms with E-state index in [0.717, 1.165) is 45.8 Å². The normalized spacial score (nSPS) is 21.7. The highest BCUT2D eigenvalue weighted by molar-refractivity contribution is 5.14. The van der Waals surface area contributed by atoms with E-state index < -0.39 is 0 Å². The van der Waals surface area contributed by atoms with Crippen LogP contribution in [0.15, 0.2) is 30.3 Å². The van der Waals surface area contributed by atoms with Crippen LogP contribution in [0.3, 0.4) is 0 Å². The predicted octanol–water partition coefficient (Wildman–Crippen LogP) is 0.868. The molecule has 24 heavy (non-hydrogen) atoms. The van der Waals surface area contributed by atoms with Crippen LogP contribution in [0.1, 0.15) is 19.4 Å². The summed E-state index contributed by atoms with van der Waals surface area (Å²) in [5, 5.41) is 19.5. The second kappa shape index (κ2) is 10.1. The summed E-state index contributed by atoms with van der Waals surface area (Å²) >= 11 is 0. The molecule has 0 aliphatic carbocycles. The minimum Gasteiger partial charge on any atom is -0.392 e. The smallest absolute Gasteiger partial charge is 0.0639 e. The molecule has 0 saturated carbocycles. The van der Waals surface area contributed by atoms with Crippen molar-refractivity contribution >= 4 is 0 Å². The molecule has 2 atom stereocenters. The molecule has 0 aromatic heterocycles. The Hall–Kier alpha value is -0.980. The van der Waals surface area contributed by atoms with Gasteiger partial charge in [0.2, 0.25) is 0 Å². The molecular weight excluding hydrogens is 302 g/mol. The summed E-state index contributed by atoms with van der Waals surface area (Å²) < 4.78 is 0. The zero-order valence-electron chi connectivity index (χ0n) is 15.1. The molecular formula is C19H33N3O2. The van der Waals surface area contributed by atoms with E-state index in [0.29, 0.717) is 13.1 Å². The van der Waals surface area contributed by atoms with Crippen LogP contribution in [0.25, 0.3) is 0 Å². The molecule has 1 heterocycles. The fourth-order valence-corrected chi connectivity index (χ4v) is 3.30. The van der Waals surface area contributed by atoms with Crippen molar-refractivity contribution in [1.29, 1.82) is 0 Å². The second-order valence-electron chi connectivity index (χ2n) is 7.06. The van der Waals surface area contributed by atoms with Gasteiger partial charge < -0.3 is 10.2 Å². The van der Waals surface area contributed by atoms with Crippen LogP contribution in [0.4, 0.5) is 0 Å². The molecule has 1 fully saturated rings. The quantitative estimate of drug-likeness (QED) is 0.808. The minimum absolute atomic E-state index is 0.307. The van der Waals surface area contributed by atoms with Crippen LogP contribution in [0.2, 0.25) is 0 Å². The third-order valence-electron chi connectivity index (χ3n) is 4.49. The van der Waals surface area contributed by atoms with Crippen LogP contribution in [-0.2, 0) is 6.54 Å². The molecule has 0 spiro atoms. The first kappa shape index (κ1) is 19.3. The third kappa shape index (κ3) is 7.28. The van der Waals surface area contributed by atoms with Gasteiger partial charge in [0.1, 0.15) is 0 Å². The average molecular weight is 335 g/mol. The SMILES string of the molecule is CC(O)CN1CCN(Cc2ccccc2)CCN(CC(C)O)CC1. The van der Waals surface area contributed by atoms with E-state index in [2.05, 4.69) is 45.0 Å². The van der Waals surface area contributed by atoms with Crippen molar-refractivity contribution in [3.8, 4) is 0 Å². The standard InChI is InChI=1S/C19H33N3O2/c1-17(23)14-20-8-9-21(15-18(2)24)11-13-22(12-10-20)16-19-6-4-3-5-7-19/h3-7,17-18,23-24H,8-16H2,1-2H3. The number of hydrogen-bond acceptors (Lipinski definition) is 5. The van der Waals surface area contributed by atoms with Crippen LogP contribution < -0.4 is 0 Å². The Morgan fingerprint density at radius 2 is 1.17 bits per heavy atom. The number of nitrogens with zero attached hydrogens (tertiary/aromatic N) is 3. The van der Waals surface area contributed by atoms with Crippen LogP contribution in [0.5, 0.6) is 0 Å². The Kier molecular flexibility index (Phi) is 8.15. The lowest BCUT2D eigenvalue weighted by Crippen LogP contribution is -2.41. The van der Waals surface area contributed by atoms with Gasteiger partial charge in [-0.3, -0.25) is 14.7 Å². The number of rotatable bonds is 6. The Bertz CT molecular complexity index is 431. The number of hydrogen-bond donors (Lipinski definition) is 2. The summed E-state index contributed by atoms with van der Waals surface area (Å²) in [6.45, 7) is 11.9. The van der Waals surface area contributed by atoms with E-state index in [-0.39, 0.29) is 12.2 Å². The summed E-state index contributed by atoms with van der Waals surface area (Å²) in [5.74, 6) is 0. The Labute approximate surface area is 146 Å². The van der Waals surface area contributed by atoms with Crippen molar-refractivity contribution in [3.05, 3.63) is 35.9 Å². The van der Waals surface area contributed by atoms with Crippen molar-refractivity contribution in [2.75, 3.05) is 52.4 Å². The third-order valence-corrected chi connectivity index (χ3v) is 4.49. The average Bonchev–Trinajstić information content (AvgIpc) is 2.61. The molecule has 0 radical (unpaired) electrons. The first-order valence-corrected chi connectivity index (χ1v) is 9.10. The fraction of sp³-hybridized carbons (Fsp3) is 0.684. The molecule has 2 unspecified atom stereocenters. The highest BCUT2D eigenvalue weighted by Crippen LogP contribution is 2.08. The molecule has 1 aromatic carbocycles. The number of β-amino-alcohol motifs (C(OH)–C–C–N with tert-alkyl or cyclic N) is 2. The summed E-state index contributed by atoms with van der Waals surface area (Å²) in [5.41, 5.74) is 1.33. The molecule has 0 bridgehead atoms. The minimum atomic E-state index is -0.307. The molecule has 1 saturated heterocycles. The lowest BCUT2D eigenvalue weighted by molar-refractivity contribution is 0.102. The monoisotopic (exact) mass is 335 g/mol. The lowest BCUT2D eigenvalue weighted by Gasteiger charge is -2.27. The maximum Gasteiger partial charge on any atom is 0.0639 e. The van der Waals surface area contributed by atoms with E-state index in [4.69, 9.17) is 0 Å². The van der Waals surface area contributed by atoms with Crippen LogP contribution in [0, 0.1) is 0 Å². The van der Waals surface area contributed by atoms with E-state index in [1.165, 1.54) is 5.56 Å². The van der Waals surface area contributed by atoms with E-state index in [1.807, 2.05) is 13.8 Å². The first-order valence-electron chi connectivity index (χ1n) is 9.10. The second-order valence-corrected chi connectivity index (χ2v) is 7.06. The molecule has 0 amide bonds. The van der Waals surface area contributed by atoms with Gasteiger partial charge in [-0.1, -0.05) is 30.3 Å². The van der Waals surface area contributed by atoms with Gasteiger partial charge in [0.05, 0.1) is 12.2 Å². The predicted molar refractivity (Wildman–Crippen MR) is 98.0 cm³/mol. The van der Waals surface area contributed by atoms with Crippen molar-refractivity contribution in [2.45, 2.75) is 32.6 Å². The zero-order chi connectivity index (χ0) is 17.4. The van der Waals surface area contributed by atoms with E-state index in [1.54, 1.807) is 0 Å². The van der Waals surface area contributed by atoms with E-state index >= 15 is 0 Å². The van der Waals surface area contributed by atoms with Gasteiger partial charge in [0, 0.05) is 58.9 Å². The van der Waals surface area contributed by atoms with Gasteiger partial charge >= 0.3 is 0 Å². The van der Waals surface area contributed by atoms with Crippen molar-refractivity contribution in [2.24, 2.45) is 0 Å². The summed E-state index contributed by atoms with van der Waals surface area (Å²) in [4.78, 5) is 7.15. The van der Waals surface area contributed by atoms with Gasteiger partial charge in [-0.15, -0.1) is 0 Å². The van der Waals surface area contributed by atoms with Gasteiger partial charge in [-0.05, 0) is 19.4 Å². The number of aliphatic hydroxyl groups is 2. The van der Waals surface area contributed by atoms with Crippen LogP contribution in [-0.4, -0.2) is 89.5 Å². The van der Waals surface area contributed by atoms with Gasteiger partial charge in [-0.25, -0.2) is 0 Å². The summed E-state index contributed by atoms with van der Waals surface area (Å²) in [7, 11) is 0. The molecule has 136 valence electrons. The maximum absolute atomic E-state index is 9.74. The zero-order valence-corrected chi connectivity index (χ0v) is 15.1. The van der Waals surface area contributed by atoms with Crippen molar-refractivity contribution in [3.63, 3.8) is 0 Å². The molecule has 2 rings (SSSR count). The van der Waals surface area contributed by atoms with E-state index in [9.17, 15) is 10.2 Å². The van der Waals surface area contributed by atoms with Crippen LogP contribution >= 0.6 is 0 Å². The fourth-order valence-electron chi connectivity index (χ4n) is 3.30. The van der Waals surface area contributed by atoms with Gasteiger partial charge in [-0.2, -0.15) is 0 Å². The molecule has 1 aromatic rings. The molecule has 5 heteroatoms. The summed E-state index contributed by atoms with van der Waals surface area (Å²) in [6, 6.07) is 10.6. The Morgan fingerprint density at radius 1 is 0.750 bits per heavy atom. The molecule has 5 nitrogen and oxygen atoms in total. The highest BCUT2D eigenvalue weighted by atomic mass is 16.3. The summed E-state index contributed by atoms with van der Waals surface area (Å²) in [6.07, 6.45) is -0.614. The Morgan fingerprint density at radius 3 is 1.58 bits per heavy atom. The lowest BCUT2D eigenvalue weighted by atomic mass is 10.2. The molecule has 1 aliphatic heterocycles. The van der Waals surface area contributed by atoms with Crippen molar-refractivity contribution < 1.29 is 10.2 Å². The number of benzene rings is 1. The first-order chi connectivity index (χ1) is 11.5. The van der Waals surface area contributed by atoms with Crippen molar-refractivity contribution in [1.82, 2.24) is 14.7 Å². The maximum atomic E-state index is 9.74. The largest absolute Gasteiger partial charge is 0.392 e. The highest BCUT2D eigenvalue weighted by Gasteiger charge is 2.18. The Balaban J connectivity index is 2.00. The van der Waals surface area contributed by atoms with Gasteiger partial charge in [0.15, 0.2) is 0 Å². The topological polar surface area (TPSA) is 50.2 Å². The molecule has 2 N–H and O–H groups in total. The molecule has 1 aliphatic rings.